The number of aromatic nitrogens is 2. The van der Waals surface area contributed by atoms with Gasteiger partial charge in [0.2, 0.25) is 12.7 Å². The van der Waals surface area contributed by atoms with Crippen LogP contribution in [0.25, 0.3) is 11.3 Å². The molecule has 0 aliphatic carbocycles. The van der Waals surface area contributed by atoms with Gasteiger partial charge in [-0.1, -0.05) is 24.3 Å². The molecule has 2 aliphatic rings. The number of hydrogen-bond acceptors (Lipinski definition) is 5. The van der Waals surface area contributed by atoms with Crippen molar-refractivity contribution >= 4 is 11.6 Å². The normalized spacial score (nSPS) is 17.8. The number of aryl methyl sites for hydroxylation is 1. The molecule has 7 heteroatoms. The lowest BCUT2D eigenvalue weighted by molar-refractivity contribution is -0.120. The van der Waals surface area contributed by atoms with Gasteiger partial charge in [0.05, 0.1) is 11.7 Å². The summed E-state index contributed by atoms with van der Waals surface area (Å²) in [5, 5.41) is 7.42. The van der Waals surface area contributed by atoms with Crippen LogP contribution in [0.2, 0.25) is 0 Å². The highest BCUT2D eigenvalue weighted by atomic mass is 16.7. The number of carbonyl (C=O) groups is 1. The molecular weight excluding hydrogens is 392 g/mol. The average molecular weight is 418 g/mol. The molecule has 160 valence electrons. The van der Waals surface area contributed by atoms with Crippen molar-refractivity contribution in [3.63, 3.8) is 0 Å². The van der Waals surface area contributed by atoms with Crippen LogP contribution >= 0.6 is 0 Å². The van der Waals surface area contributed by atoms with E-state index in [2.05, 4.69) is 22.2 Å². The number of nitrogens with zero attached hydrogens (tertiary/aromatic N) is 3. The molecule has 1 atom stereocenters. The maximum Gasteiger partial charge on any atom is 0.241 e. The first-order valence-corrected chi connectivity index (χ1v) is 10.8. The van der Waals surface area contributed by atoms with E-state index >= 15 is 0 Å². The smallest absolute Gasteiger partial charge is 0.241 e. The van der Waals surface area contributed by atoms with E-state index in [1.165, 1.54) is 0 Å². The van der Waals surface area contributed by atoms with Gasteiger partial charge in [-0.25, -0.2) is 0 Å². The highest BCUT2D eigenvalue weighted by molar-refractivity contribution is 5.95. The first-order valence-electron chi connectivity index (χ1n) is 10.8. The van der Waals surface area contributed by atoms with E-state index in [1.54, 1.807) is 0 Å². The Balaban J connectivity index is 1.26. The standard InChI is InChI=1S/C24H26N4O3/c1-2-28-20(12-13-25-28)17-8-10-19(11-9-17)26-24(29)21-6-4-14-27(21)15-18-5-3-7-22-23(18)31-16-30-22/h3,5,7-13,21H,2,4,6,14-16H2,1H3,(H,26,29). The van der Waals surface area contributed by atoms with Gasteiger partial charge in [0, 0.05) is 30.5 Å². The minimum Gasteiger partial charge on any atom is -0.454 e. The molecule has 0 radical (unpaired) electrons. The Labute approximate surface area is 181 Å². The van der Waals surface area contributed by atoms with E-state index in [-0.39, 0.29) is 18.7 Å². The van der Waals surface area contributed by atoms with Crippen LogP contribution in [0, 0.1) is 0 Å². The Morgan fingerprint density at radius 3 is 2.87 bits per heavy atom. The van der Waals surface area contributed by atoms with Crippen molar-refractivity contribution < 1.29 is 14.3 Å². The van der Waals surface area contributed by atoms with E-state index in [0.29, 0.717) is 6.54 Å². The first-order chi connectivity index (χ1) is 15.2. The molecule has 7 nitrogen and oxygen atoms in total. The number of hydrogen-bond donors (Lipinski definition) is 1. The number of fused-ring (bicyclic) bond motifs is 1. The van der Waals surface area contributed by atoms with Gasteiger partial charge in [0.15, 0.2) is 11.5 Å². The summed E-state index contributed by atoms with van der Waals surface area (Å²) >= 11 is 0. The zero-order valence-electron chi connectivity index (χ0n) is 17.6. The lowest BCUT2D eigenvalue weighted by Gasteiger charge is -2.24. The number of nitrogens with one attached hydrogen (secondary N) is 1. The molecular formula is C24H26N4O3. The van der Waals surface area contributed by atoms with Crippen LogP contribution in [0.3, 0.4) is 0 Å². The van der Waals surface area contributed by atoms with Crippen LogP contribution in [-0.2, 0) is 17.9 Å². The lowest BCUT2D eigenvalue weighted by Crippen LogP contribution is -2.39. The van der Waals surface area contributed by atoms with Gasteiger partial charge < -0.3 is 14.8 Å². The van der Waals surface area contributed by atoms with Gasteiger partial charge in [-0.3, -0.25) is 14.4 Å². The summed E-state index contributed by atoms with van der Waals surface area (Å²) in [5.74, 6) is 1.62. The molecule has 0 bridgehead atoms. The lowest BCUT2D eigenvalue weighted by atomic mass is 10.1. The zero-order valence-corrected chi connectivity index (χ0v) is 17.6. The Hall–Kier alpha value is -3.32. The number of amides is 1. The highest BCUT2D eigenvalue weighted by Gasteiger charge is 2.32. The summed E-state index contributed by atoms with van der Waals surface area (Å²) in [6, 6.07) is 15.7. The Morgan fingerprint density at radius 2 is 2.03 bits per heavy atom. The molecule has 3 aromatic rings. The van der Waals surface area contributed by atoms with Gasteiger partial charge in [-0.05, 0) is 56.1 Å². The van der Waals surface area contributed by atoms with Crippen molar-refractivity contribution in [3.05, 3.63) is 60.3 Å². The molecule has 31 heavy (non-hydrogen) atoms. The number of benzene rings is 2. The van der Waals surface area contributed by atoms with Gasteiger partial charge in [-0.2, -0.15) is 5.10 Å². The van der Waals surface area contributed by atoms with Crippen molar-refractivity contribution in [2.75, 3.05) is 18.7 Å². The van der Waals surface area contributed by atoms with Gasteiger partial charge in [0.25, 0.3) is 0 Å². The van der Waals surface area contributed by atoms with E-state index in [9.17, 15) is 4.79 Å². The maximum absolute atomic E-state index is 13.0. The molecule has 1 fully saturated rings. The number of ether oxygens (including phenoxy) is 2. The number of carbonyl (C=O) groups excluding carboxylic acids is 1. The third kappa shape index (κ3) is 3.88. The number of rotatable bonds is 6. The van der Waals surface area contributed by atoms with Gasteiger partial charge in [0.1, 0.15) is 0 Å². The number of anilines is 1. The van der Waals surface area contributed by atoms with E-state index < -0.39 is 0 Å². The van der Waals surface area contributed by atoms with E-state index in [0.717, 1.165) is 59.9 Å². The van der Waals surface area contributed by atoms with Crippen LogP contribution in [0.5, 0.6) is 11.5 Å². The topological polar surface area (TPSA) is 68.6 Å². The largest absolute Gasteiger partial charge is 0.454 e. The monoisotopic (exact) mass is 418 g/mol. The summed E-state index contributed by atoms with van der Waals surface area (Å²) in [4.78, 5) is 15.3. The average Bonchev–Trinajstić information content (AvgIpc) is 3.54. The molecule has 1 amide bonds. The molecule has 0 spiro atoms. The molecule has 1 saturated heterocycles. The minimum atomic E-state index is -0.153. The summed E-state index contributed by atoms with van der Waals surface area (Å²) in [5.41, 5.74) is 4.02. The molecule has 5 rings (SSSR count). The molecule has 1 unspecified atom stereocenters. The fourth-order valence-electron chi connectivity index (χ4n) is 4.43. The zero-order chi connectivity index (χ0) is 21.2. The Bertz CT molecular complexity index is 1080. The Kier molecular flexibility index (Phi) is 5.34. The van der Waals surface area contributed by atoms with Crippen LogP contribution in [0.15, 0.2) is 54.7 Å². The van der Waals surface area contributed by atoms with Crippen LogP contribution < -0.4 is 14.8 Å². The molecule has 2 aromatic carbocycles. The van der Waals surface area contributed by atoms with Crippen molar-refractivity contribution in [1.82, 2.24) is 14.7 Å². The quantitative estimate of drug-likeness (QED) is 0.658. The number of para-hydroxylation sites is 1. The van der Waals surface area contributed by atoms with Crippen LogP contribution in [0.1, 0.15) is 25.3 Å². The summed E-state index contributed by atoms with van der Waals surface area (Å²) in [6.45, 7) is 4.71. The second-order valence-corrected chi connectivity index (χ2v) is 7.88. The highest BCUT2D eigenvalue weighted by Crippen LogP contribution is 2.37. The molecule has 1 aromatic heterocycles. The minimum absolute atomic E-state index is 0.0357. The first kappa shape index (κ1) is 19.6. The fraction of sp³-hybridized carbons (Fsp3) is 0.333. The second-order valence-electron chi connectivity index (χ2n) is 7.88. The summed E-state index contributed by atoms with van der Waals surface area (Å²) < 4.78 is 13.1. The van der Waals surface area contributed by atoms with E-state index in [1.807, 2.05) is 59.4 Å². The molecule has 2 aliphatic heterocycles. The van der Waals surface area contributed by atoms with Gasteiger partial charge >= 0.3 is 0 Å². The number of likely N-dealkylation sites (tertiary alicyclic amines) is 1. The second kappa shape index (κ2) is 8.43. The predicted molar refractivity (Wildman–Crippen MR) is 118 cm³/mol. The van der Waals surface area contributed by atoms with Crippen molar-refractivity contribution in [2.45, 2.75) is 38.9 Å². The van der Waals surface area contributed by atoms with Crippen molar-refractivity contribution in [2.24, 2.45) is 0 Å². The fourth-order valence-corrected chi connectivity index (χ4v) is 4.43. The van der Waals surface area contributed by atoms with Crippen molar-refractivity contribution in [1.29, 1.82) is 0 Å². The van der Waals surface area contributed by atoms with Crippen LogP contribution in [0.4, 0.5) is 5.69 Å². The van der Waals surface area contributed by atoms with Gasteiger partial charge in [-0.15, -0.1) is 0 Å². The summed E-state index contributed by atoms with van der Waals surface area (Å²) in [7, 11) is 0. The predicted octanol–water partition coefficient (Wildman–Crippen LogP) is 3.90. The molecule has 1 N–H and O–H groups in total. The summed E-state index contributed by atoms with van der Waals surface area (Å²) in [6.07, 6.45) is 3.67. The van der Waals surface area contributed by atoms with Crippen molar-refractivity contribution in [3.8, 4) is 22.8 Å². The third-order valence-corrected chi connectivity index (χ3v) is 5.98. The van der Waals surface area contributed by atoms with Crippen LogP contribution in [-0.4, -0.2) is 40.0 Å². The SMILES string of the molecule is CCn1nccc1-c1ccc(NC(=O)C2CCCN2Cc2cccc3c2OCO3)cc1. The maximum atomic E-state index is 13.0. The molecule has 3 heterocycles. The van der Waals surface area contributed by atoms with E-state index in [4.69, 9.17) is 9.47 Å². The Morgan fingerprint density at radius 1 is 1.16 bits per heavy atom. The third-order valence-electron chi connectivity index (χ3n) is 5.98. The molecule has 0 saturated carbocycles.